The summed E-state index contributed by atoms with van der Waals surface area (Å²) in [4.78, 5) is 18.1. The van der Waals surface area contributed by atoms with Gasteiger partial charge in [0.2, 0.25) is 21.7 Å². The van der Waals surface area contributed by atoms with E-state index in [2.05, 4.69) is 10.1 Å². The van der Waals surface area contributed by atoms with Crippen LogP contribution in [0.4, 0.5) is 5.69 Å². The van der Waals surface area contributed by atoms with Crippen LogP contribution in [0.15, 0.2) is 53.1 Å². The van der Waals surface area contributed by atoms with E-state index in [0.29, 0.717) is 23.2 Å². The number of aryl methyl sites for hydroxylation is 1. The number of hydrogen-bond acceptors (Lipinski definition) is 7. The molecule has 10 heteroatoms. The lowest BCUT2D eigenvalue weighted by Gasteiger charge is -2.17. The van der Waals surface area contributed by atoms with Crippen LogP contribution in [0.5, 0.6) is 5.75 Å². The molecule has 0 unspecified atom stereocenters. The van der Waals surface area contributed by atoms with E-state index in [1.807, 2.05) is 31.2 Å². The third kappa shape index (κ3) is 5.82. The first-order valence-electron chi connectivity index (χ1n) is 9.44. The number of carbonyl (C=O) groups is 1. The highest BCUT2D eigenvalue weighted by atomic mass is 32.2. The summed E-state index contributed by atoms with van der Waals surface area (Å²) in [5, 5.41) is 3.97. The molecule has 1 aromatic heterocycles. The van der Waals surface area contributed by atoms with Crippen LogP contribution < -0.4 is 9.04 Å². The predicted octanol–water partition coefficient (Wildman–Crippen LogP) is 2.48. The van der Waals surface area contributed by atoms with Gasteiger partial charge in [-0.05, 0) is 37.3 Å². The van der Waals surface area contributed by atoms with Gasteiger partial charge in [0, 0.05) is 19.7 Å². The van der Waals surface area contributed by atoms with Crippen LogP contribution in [0.25, 0.3) is 11.4 Å². The molecule has 0 atom stereocenters. The first kappa shape index (κ1) is 22.3. The first-order valence-corrected chi connectivity index (χ1v) is 11.3. The number of nitrogens with zero attached hydrogens (tertiary/aromatic N) is 4. The molecule has 0 saturated carbocycles. The first-order chi connectivity index (χ1) is 14.6. The Labute approximate surface area is 181 Å². The van der Waals surface area contributed by atoms with Crippen molar-refractivity contribution in [1.29, 1.82) is 0 Å². The number of ether oxygens (including phenoxy) is 1. The lowest BCUT2D eigenvalue weighted by Crippen LogP contribution is -2.31. The Morgan fingerprint density at radius 1 is 1.13 bits per heavy atom. The van der Waals surface area contributed by atoms with E-state index in [1.54, 1.807) is 31.3 Å². The van der Waals surface area contributed by atoms with Crippen molar-refractivity contribution in [2.24, 2.45) is 0 Å². The van der Waals surface area contributed by atoms with Crippen LogP contribution in [0.3, 0.4) is 0 Å². The molecule has 164 valence electrons. The zero-order chi connectivity index (χ0) is 22.6. The molecular formula is C21H24N4O5S. The predicted molar refractivity (Wildman–Crippen MR) is 116 cm³/mol. The van der Waals surface area contributed by atoms with E-state index in [-0.39, 0.29) is 19.1 Å². The normalized spacial score (nSPS) is 11.2. The van der Waals surface area contributed by atoms with Crippen molar-refractivity contribution in [2.75, 3.05) is 31.3 Å². The monoisotopic (exact) mass is 444 g/mol. The van der Waals surface area contributed by atoms with Gasteiger partial charge in [0.15, 0.2) is 6.61 Å². The van der Waals surface area contributed by atoms with Crippen molar-refractivity contribution in [3.05, 3.63) is 60.0 Å². The fraction of sp³-hybridized carbons (Fsp3) is 0.286. The number of rotatable bonds is 8. The van der Waals surface area contributed by atoms with E-state index in [4.69, 9.17) is 9.26 Å². The van der Waals surface area contributed by atoms with Gasteiger partial charge in [-0.25, -0.2) is 8.42 Å². The molecule has 0 fully saturated rings. The number of amides is 1. The van der Waals surface area contributed by atoms with Crippen molar-refractivity contribution in [2.45, 2.75) is 13.5 Å². The summed E-state index contributed by atoms with van der Waals surface area (Å²) in [5.74, 6) is 0.968. The molecule has 0 aliphatic rings. The summed E-state index contributed by atoms with van der Waals surface area (Å²) in [5.41, 5.74) is 2.43. The molecule has 0 aliphatic carbocycles. The molecule has 0 bridgehead atoms. The van der Waals surface area contributed by atoms with Gasteiger partial charge in [-0.2, -0.15) is 4.98 Å². The lowest BCUT2D eigenvalue weighted by atomic mass is 10.1. The zero-order valence-electron chi connectivity index (χ0n) is 17.8. The number of aromatic nitrogens is 2. The zero-order valence-corrected chi connectivity index (χ0v) is 18.6. The number of benzene rings is 2. The van der Waals surface area contributed by atoms with E-state index < -0.39 is 10.0 Å². The van der Waals surface area contributed by atoms with Gasteiger partial charge in [0.1, 0.15) is 5.75 Å². The average Bonchev–Trinajstić information content (AvgIpc) is 3.19. The Kier molecular flexibility index (Phi) is 6.59. The second-order valence-corrected chi connectivity index (χ2v) is 9.16. The summed E-state index contributed by atoms with van der Waals surface area (Å²) < 4.78 is 35.1. The standard InChI is InChI=1S/C21H24N4O5S/c1-15-6-5-7-16(12-15)21-22-19(30-23-21)13-24(2)20(26)14-29-18-10-8-17(9-11-18)25(3)31(4,27)28/h5-12H,13-14H2,1-4H3. The van der Waals surface area contributed by atoms with Gasteiger partial charge in [-0.15, -0.1) is 0 Å². The Morgan fingerprint density at radius 2 is 1.84 bits per heavy atom. The average molecular weight is 445 g/mol. The van der Waals surface area contributed by atoms with Crippen LogP contribution in [0.1, 0.15) is 11.5 Å². The van der Waals surface area contributed by atoms with Gasteiger partial charge in [0.05, 0.1) is 18.5 Å². The van der Waals surface area contributed by atoms with E-state index >= 15 is 0 Å². The van der Waals surface area contributed by atoms with Crippen molar-refractivity contribution in [3.8, 4) is 17.1 Å². The summed E-state index contributed by atoms with van der Waals surface area (Å²) >= 11 is 0. The van der Waals surface area contributed by atoms with Crippen molar-refractivity contribution in [3.63, 3.8) is 0 Å². The highest BCUT2D eigenvalue weighted by Gasteiger charge is 2.16. The molecule has 1 amide bonds. The summed E-state index contributed by atoms with van der Waals surface area (Å²) in [6, 6.07) is 14.2. The minimum Gasteiger partial charge on any atom is -0.484 e. The molecule has 3 rings (SSSR count). The highest BCUT2D eigenvalue weighted by Crippen LogP contribution is 2.20. The Morgan fingerprint density at radius 3 is 2.48 bits per heavy atom. The van der Waals surface area contributed by atoms with Gasteiger partial charge < -0.3 is 14.2 Å². The molecule has 2 aromatic carbocycles. The molecule has 1 heterocycles. The van der Waals surface area contributed by atoms with Crippen LogP contribution in [-0.2, 0) is 21.4 Å². The minimum atomic E-state index is -3.34. The smallest absolute Gasteiger partial charge is 0.260 e. The van der Waals surface area contributed by atoms with Crippen molar-refractivity contribution >= 4 is 21.6 Å². The number of carbonyl (C=O) groups excluding carboxylic acids is 1. The van der Waals surface area contributed by atoms with Crippen LogP contribution >= 0.6 is 0 Å². The maximum atomic E-state index is 12.4. The third-order valence-electron chi connectivity index (χ3n) is 4.60. The summed E-state index contributed by atoms with van der Waals surface area (Å²) in [6.07, 6.45) is 1.12. The fourth-order valence-electron chi connectivity index (χ4n) is 2.71. The molecule has 9 nitrogen and oxygen atoms in total. The molecule has 0 spiro atoms. The molecule has 0 aliphatic heterocycles. The number of hydrogen-bond donors (Lipinski definition) is 0. The van der Waals surface area contributed by atoms with E-state index in [9.17, 15) is 13.2 Å². The Hall–Kier alpha value is -3.40. The van der Waals surface area contributed by atoms with Crippen molar-refractivity contribution in [1.82, 2.24) is 15.0 Å². The lowest BCUT2D eigenvalue weighted by molar-refractivity contribution is -0.132. The molecule has 31 heavy (non-hydrogen) atoms. The maximum absolute atomic E-state index is 12.4. The Bertz CT molecular complexity index is 1160. The quantitative estimate of drug-likeness (QED) is 0.525. The minimum absolute atomic E-state index is 0.152. The summed E-state index contributed by atoms with van der Waals surface area (Å²) in [7, 11) is -0.261. The van der Waals surface area contributed by atoms with Crippen LogP contribution in [0, 0.1) is 6.92 Å². The molecule has 0 saturated heterocycles. The molecular weight excluding hydrogens is 420 g/mol. The second-order valence-electron chi connectivity index (χ2n) is 7.14. The third-order valence-corrected chi connectivity index (χ3v) is 5.81. The molecule has 0 radical (unpaired) electrons. The number of likely N-dealkylation sites (N-methyl/N-ethyl adjacent to an activating group) is 1. The molecule has 0 N–H and O–H groups in total. The van der Waals surface area contributed by atoms with Crippen LogP contribution in [-0.4, -0.2) is 56.3 Å². The van der Waals surface area contributed by atoms with Gasteiger partial charge in [0.25, 0.3) is 5.91 Å². The Balaban J connectivity index is 1.54. The highest BCUT2D eigenvalue weighted by molar-refractivity contribution is 7.92. The maximum Gasteiger partial charge on any atom is 0.260 e. The SMILES string of the molecule is Cc1cccc(-c2noc(CN(C)C(=O)COc3ccc(N(C)S(C)(=O)=O)cc3)n2)c1. The fourth-order valence-corrected chi connectivity index (χ4v) is 3.22. The van der Waals surface area contributed by atoms with Gasteiger partial charge >= 0.3 is 0 Å². The second kappa shape index (κ2) is 9.17. The number of anilines is 1. The topological polar surface area (TPSA) is 106 Å². The summed E-state index contributed by atoms with van der Waals surface area (Å²) in [6.45, 7) is 1.95. The van der Waals surface area contributed by atoms with Gasteiger partial charge in [-0.3, -0.25) is 9.10 Å². The molecule has 3 aromatic rings. The van der Waals surface area contributed by atoms with E-state index in [1.165, 1.54) is 11.9 Å². The van der Waals surface area contributed by atoms with Crippen molar-refractivity contribution < 1.29 is 22.5 Å². The van der Waals surface area contributed by atoms with Gasteiger partial charge in [-0.1, -0.05) is 28.9 Å². The number of sulfonamides is 1. The largest absolute Gasteiger partial charge is 0.484 e. The van der Waals surface area contributed by atoms with E-state index in [0.717, 1.165) is 21.7 Å². The van der Waals surface area contributed by atoms with Crippen LogP contribution in [0.2, 0.25) is 0 Å².